The molecule has 0 bridgehead atoms. The summed E-state index contributed by atoms with van der Waals surface area (Å²) in [6, 6.07) is 11.6. The molecular weight excluding hydrogens is 200 g/mol. The first kappa shape index (κ1) is 10.4. The Morgan fingerprint density at radius 1 is 1.12 bits per heavy atom. The molecule has 0 aliphatic heterocycles. The van der Waals surface area contributed by atoms with Crippen molar-refractivity contribution in [3.63, 3.8) is 0 Å². The third-order valence-electron chi connectivity index (χ3n) is 2.53. The van der Waals surface area contributed by atoms with E-state index in [2.05, 4.69) is 21.7 Å². The molecule has 2 rings (SSSR count). The van der Waals surface area contributed by atoms with Crippen molar-refractivity contribution in [1.29, 1.82) is 0 Å². The normalized spacial score (nSPS) is 9.88. The van der Waals surface area contributed by atoms with E-state index in [1.54, 1.807) is 12.1 Å². The lowest BCUT2D eigenvalue weighted by molar-refractivity contribution is 0.565. The molecule has 3 heteroatoms. The third-order valence-corrected chi connectivity index (χ3v) is 2.53. The second-order valence-corrected chi connectivity index (χ2v) is 3.67. The summed E-state index contributed by atoms with van der Waals surface area (Å²) in [5.74, 6) is 0. The Morgan fingerprint density at radius 2 is 1.81 bits per heavy atom. The minimum atomic E-state index is 0.625. The van der Waals surface area contributed by atoms with Crippen LogP contribution in [0.25, 0.3) is 5.69 Å². The number of hydrogen-bond donors (Lipinski definition) is 0. The SMILES string of the molecule is Cc1ccc(C)n1-c1cccc(N=C=O)c1. The molecule has 0 saturated carbocycles. The molecule has 1 aromatic heterocycles. The van der Waals surface area contributed by atoms with Crippen molar-refractivity contribution >= 4 is 11.8 Å². The smallest absolute Gasteiger partial charge is 0.240 e. The summed E-state index contributed by atoms with van der Waals surface area (Å²) in [5.41, 5.74) is 3.95. The lowest BCUT2D eigenvalue weighted by Gasteiger charge is -2.09. The van der Waals surface area contributed by atoms with Crippen LogP contribution in [0.1, 0.15) is 11.4 Å². The first-order valence-electron chi connectivity index (χ1n) is 5.05. The van der Waals surface area contributed by atoms with Crippen molar-refractivity contribution < 1.29 is 4.79 Å². The van der Waals surface area contributed by atoms with Gasteiger partial charge in [0.25, 0.3) is 0 Å². The van der Waals surface area contributed by atoms with E-state index >= 15 is 0 Å². The summed E-state index contributed by atoms with van der Waals surface area (Å²) in [7, 11) is 0. The number of aryl methyl sites for hydroxylation is 2. The molecule has 0 unspecified atom stereocenters. The van der Waals surface area contributed by atoms with Crippen LogP contribution in [0.3, 0.4) is 0 Å². The van der Waals surface area contributed by atoms with E-state index in [9.17, 15) is 4.79 Å². The Labute approximate surface area is 94.1 Å². The molecule has 80 valence electrons. The first-order chi connectivity index (χ1) is 7.72. The molecule has 0 radical (unpaired) electrons. The Balaban J connectivity index is 2.56. The molecule has 0 fully saturated rings. The lowest BCUT2D eigenvalue weighted by Crippen LogP contribution is -1.97. The minimum absolute atomic E-state index is 0.625. The van der Waals surface area contributed by atoms with E-state index in [0.717, 1.165) is 17.1 Å². The molecule has 0 spiro atoms. The van der Waals surface area contributed by atoms with Crippen LogP contribution >= 0.6 is 0 Å². The van der Waals surface area contributed by atoms with E-state index in [4.69, 9.17) is 0 Å². The molecule has 0 aliphatic carbocycles. The fourth-order valence-electron chi connectivity index (χ4n) is 1.83. The van der Waals surface area contributed by atoms with Gasteiger partial charge in [-0.25, -0.2) is 4.79 Å². The number of isocyanates is 1. The molecule has 1 aromatic carbocycles. The van der Waals surface area contributed by atoms with Gasteiger partial charge in [-0.2, -0.15) is 4.99 Å². The zero-order chi connectivity index (χ0) is 11.5. The Morgan fingerprint density at radius 3 is 2.44 bits per heavy atom. The minimum Gasteiger partial charge on any atom is -0.318 e. The summed E-state index contributed by atoms with van der Waals surface area (Å²) in [6.07, 6.45) is 1.55. The highest BCUT2D eigenvalue weighted by atomic mass is 16.1. The average molecular weight is 212 g/mol. The molecule has 0 N–H and O–H groups in total. The van der Waals surface area contributed by atoms with Gasteiger partial charge in [-0.3, -0.25) is 0 Å². The monoisotopic (exact) mass is 212 g/mol. The Hall–Kier alpha value is -2.12. The molecule has 1 heterocycles. The van der Waals surface area contributed by atoms with Gasteiger partial charge in [-0.15, -0.1) is 0 Å². The maximum Gasteiger partial charge on any atom is 0.240 e. The number of aromatic nitrogens is 1. The quantitative estimate of drug-likeness (QED) is 0.556. The van der Waals surface area contributed by atoms with Crippen molar-refractivity contribution in [2.45, 2.75) is 13.8 Å². The highest BCUT2D eigenvalue weighted by molar-refractivity contribution is 5.54. The molecule has 0 aliphatic rings. The van der Waals surface area contributed by atoms with Gasteiger partial charge < -0.3 is 4.57 Å². The maximum atomic E-state index is 10.2. The van der Waals surface area contributed by atoms with Crippen molar-refractivity contribution in [3.8, 4) is 5.69 Å². The van der Waals surface area contributed by atoms with Crippen LogP contribution in [-0.4, -0.2) is 10.6 Å². The summed E-state index contributed by atoms with van der Waals surface area (Å²) in [5, 5.41) is 0. The van der Waals surface area contributed by atoms with Crippen molar-refractivity contribution in [1.82, 2.24) is 4.57 Å². The Kier molecular flexibility index (Phi) is 2.71. The number of hydrogen-bond acceptors (Lipinski definition) is 2. The molecule has 3 nitrogen and oxygen atoms in total. The molecular formula is C13H12N2O. The van der Waals surface area contributed by atoms with Crippen molar-refractivity contribution in [2.24, 2.45) is 4.99 Å². The van der Waals surface area contributed by atoms with E-state index in [0.29, 0.717) is 5.69 Å². The highest BCUT2D eigenvalue weighted by Crippen LogP contribution is 2.20. The van der Waals surface area contributed by atoms with Gasteiger partial charge in [-0.1, -0.05) is 6.07 Å². The van der Waals surface area contributed by atoms with Gasteiger partial charge in [0.15, 0.2) is 0 Å². The maximum absolute atomic E-state index is 10.2. The van der Waals surface area contributed by atoms with Gasteiger partial charge in [0, 0.05) is 17.1 Å². The highest BCUT2D eigenvalue weighted by Gasteiger charge is 2.03. The second kappa shape index (κ2) is 4.17. The van der Waals surface area contributed by atoms with Crippen molar-refractivity contribution in [3.05, 3.63) is 47.8 Å². The molecule has 0 saturated heterocycles. The van der Waals surface area contributed by atoms with E-state index < -0.39 is 0 Å². The number of benzene rings is 1. The van der Waals surface area contributed by atoms with Crippen LogP contribution in [0, 0.1) is 13.8 Å². The lowest BCUT2D eigenvalue weighted by atomic mass is 10.2. The largest absolute Gasteiger partial charge is 0.318 e. The predicted octanol–water partition coefficient (Wildman–Crippen LogP) is 3.06. The van der Waals surface area contributed by atoms with Crippen LogP contribution in [0.4, 0.5) is 5.69 Å². The van der Waals surface area contributed by atoms with E-state index in [1.165, 1.54) is 0 Å². The van der Waals surface area contributed by atoms with E-state index in [1.807, 2.05) is 32.0 Å². The third kappa shape index (κ3) is 1.81. The zero-order valence-corrected chi connectivity index (χ0v) is 9.27. The first-order valence-corrected chi connectivity index (χ1v) is 5.05. The van der Waals surface area contributed by atoms with Crippen LogP contribution < -0.4 is 0 Å². The Bertz CT molecular complexity index is 544. The molecule has 2 aromatic rings. The summed E-state index contributed by atoms with van der Waals surface area (Å²) in [6.45, 7) is 4.09. The number of carbonyl (C=O) groups excluding carboxylic acids is 1. The number of nitrogens with zero attached hydrogens (tertiary/aromatic N) is 2. The molecule has 16 heavy (non-hydrogen) atoms. The van der Waals surface area contributed by atoms with E-state index in [-0.39, 0.29) is 0 Å². The van der Waals surface area contributed by atoms with Gasteiger partial charge in [0.1, 0.15) is 0 Å². The molecule has 0 amide bonds. The summed E-state index contributed by atoms with van der Waals surface area (Å²) < 4.78 is 2.11. The van der Waals surface area contributed by atoms with Gasteiger partial charge in [0.2, 0.25) is 6.08 Å². The van der Waals surface area contributed by atoms with Crippen LogP contribution in [0.15, 0.2) is 41.4 Å². The number of aliphatic imine (C=N–C) groups is 1. The topological polar surface area (TPSA) is 34.4 Å². The second-order valence-electron chi connectivity index (χ2n) is 3.67. The molecule has 0 atom stereocenters. The fourth-order valence-corrected chi connectivity index (χ4v) is 1.83. The van der Waals surface area contributed by atoms with Crippen LogP contribution in [0.2, 0.25) is 0 Å². The fraction of sp³-hybridized carbons (Fsp3) is 0.154. The predicted molar refractivity (Wildman–Crippen MR) is 63.0 cm³/mol. The van der Waals surface area contributed by atoms with Gasteiger partial charge in [-0.05, 0) is 44.2 Å². The summed E-state index contributed by atoms with van der Waals surface area (Å²) >= 11 is 0. The van der Waals surface area contributed by atoms with Crippen LogP contribution in [0.5, 0.6) is 0 Å². The number of rotatable bonds is 2. The van der Waals surface area contributed by atoms with Crippen molar-refractivity contribution in [2.75, 3.05) is 0 Å². The van der Waals surface area contributed by atoms with Gasteiger partial charge in [0.05, 0.1) is 5.69 Å². The standard InChI is InChI=1S/C13H12N2O/c1-10-6-7-11(2)15(10)13-5-3-4-12(8-13)14-9-16/h3-8H,1-2H3. The summed E-state index contributed by atoms with van der Waals surface area (Å²) in [4.78, 5) is 13.8. The average Bonchev–Trinajstić information content (AvgIpc) is 2.59. The zero-order valence-electron chi connectivity index (χ0n) is 9.27. The van der Waals surface area contributed by atoms with Gasteiger partial charge >= 0.3 is 0 Å². The van der Waals surface area contributed by atoms with Crippen LogP contribution in [-0.2, 0) is 4.79 Å².